The van der Waals surface area contributed by atoms with E-state index < -0.39 is 22.1 Å². The molecule has 0 radical (unpaired) electrons. The standard InChI is InChI=1S/C27H22F4N6O4S/c28-18-3-1-17(2-4-18)23-24(37-15-16-40-26(37)35-23)22-9-12-32-25(34-22)33-19-10-13-36(14-11-19)42(38,39)21-7-5-20(6-8-21)41-27(29,30)31/h1-9,12,15-16,19H,10-11,13-14H2,(H,32,33,34). The molecule has 0 saturated carbocycles. The first-order valence-corrected chi connectivity index (χ1v) is 14.2. The van der Waals surface area contributed by atoms with Crippen LogP contribution in [0.2, 0.25) is 0 Å². The highest BCUT2D eigenvalue weighted by Crippen LogP contribution is 2.33. The number of hydrogen-bond acceptors (Lipinski definition) is 8. The third-order valence-electron chi connectivity index (χ3n) is 6.76. The van der Waals surface area contributed by atoms with E-state index in [2.05, 4.69) is 25.0 Å². The molecule has 0 amide bonds. The van der Waals surface area contributed by atoms with Crippen LogP contribution in [0.5, 0.6) is 5.75 Å². The van der Waals surface area contributed by atoms with E-state index in [1.165, 1.54) is 22.7 Å². The molecule has 1 saturated heterocycles. The Morgan fingerprint density at radius 2 is 1.69 bits per heavy atom. The van der Waals surface area contributed by atoms with Gasteiger partial charge in [-0.2, -0.15) is 9.29 Å². The second-order valence-electron chi connectivity index (χ2n) is 9.48. The second kappa shape index (κ2) is 10.7. The maximum Gasteiger partial charge on any atom is 0.573 e. The van der Waals surface area contributed by atoms with Crippen molar-refractivity contribution in [1.82, 2.24) is 23.7 Å². The van der Waals surface area contributed by atoms with Crippen LogP contribution in [0, 0.1) is 5.82 Å². The highest BCUT2D eigenvalue weighted by molar-refractivity contribution is 7.89. The van der Waals surface area contributed by atoms with Gasteiger partial charge in [-0.3, -0.25) is 4.40 Å². The molecule has 10 nitrogen and oxygen atoms in total. The lowest BCUT2D eigenvalue weighted by Gasteiger charge is -2.31. The van der Waals surface area contributed by atoms with E-state index in [4.69, 9.17) is 4.42 Å². The number of imidazole rings is 1. The molecule has 2 aromatic carbocycles. The van der Waals surface area contributed by atoms with Crippen molar-refractivity contribution < 1.29 is 35.1 Å². The molecule has 15 heteroatoms. The summed E-state index contributed by atoms with van der Waals surface area (Å²) in [4.78, 5) is 13.4. The molecule has 0 aliphatic carbocycles. The summed E-state index contributed by atoms with van der Waals surface area (Å²) >= 11 is 0. The maximum absolute atomic E-state index is 13.5. The third kappa shape index (κ3) is 5.65. The van der Waals surface area contributed by atoms with Crippen LogP contribution in [0.3, 0.4) is 0 Å². The number of alkyl halides is 3. The first-order valence-electron chi connectivity index (χ1n) is 12.7. The van der Waals surface area contributed by atoms with E-state index in [9.17, 15) is 26.0 Å². The molecular formula is C27H22F4N6O4S. The minimum Gasteiger partial charge on any atom is -0.432 e. The fourth-order valence-corrected chi connectivity index (χ4v) is 6.25. The smallest absolute Gasteiger partial charge is 0.432 e. The van der Waals surface area contributed by atoms with Crippen molar-refractivity contribution in [3.8, 4) is 28.4 Å². The van der Waals surface area contributed by atoms with E-state index >= 15 is 0 Å². The zero-order valence-corrected chi connectivity index (χ0v) is 22.4. The van der Waals surface area contributed by atoms with Crippen LogP contribution >= 0.6 is 0 Å². The fourth-order valence-electron chi connectivity index (χ4n) is 4.79. The summed E-state index contributed by atoms with van der Waals surface area (Å²) < 4.78 is 89.2. The summed E-state index contributed by atoms with van der Waals surface area (Å²) in [6.45, 7) is 0.376. The Bertz CT molecular complexity index is 1810. The molecule has 0 unspecified atom stereocenters. The van der Waals surface area contributed by atoms with Gasteiger partial charge in [0.1, 0.15) is 29.2 Å². The van der Waals surface area contributed by atoms with Crippen LogP contribution in [0.4, 0.5) is 23.5 Å². The molecule has 3 aromatic heterocycles. The Morgan fingerprint density at radius 1 is 0.976 bits per heavy atom. The third-order valence-corrected chi connectivity index (χ3v) is 8.67. The van der Waals surface area contributed by atoms with Crippen molar-refractivity contribution in [3.05, 3.63) is 79.1 Å². The van der Waals surface area contributed by atoms with Crippen LogP contribution in [0.1, 0.15) is 12.8 Å². The van der Waals surface area contributed by atoms with Gasteiger partial charge in [0, 0.05) is 37.1 Å². The highest BCUT2D eigenvalue weighted by Gasteiger charge is 2.32. The minimum atomic E-state index is -4.87. The lowest BCUT2D eigenvalue weighted by molar-refractivity contribution is -0.274. The summed E-state index contributed by atoms with van der Waals surface area (Å²) in [7, 11) is -3.91. The van der Waals surface area contributed by atoms with Crippen molar-refractivity contribution in [2.75, 3.05) is 18.4 Å². The lowest BCUT2D eigenvalue weighted by atomic mass is 10.1. The van der Waals surface area contributed by atoms with Crippen molar-refractivity contribution in [2.45, 2.75) is 30.1 Å². The molecule has 0 bridgehead atoms. The van der Waals surface area contributed by atoms with Crippen LogP contribution < -0.4 is 10.1 Å². The van der Waals surface area contributed by atoms with E-state index in [-0.39, 0.29) is 29.8 Å². The number of hydrogen-bond donors (Lipinski definition) is 1. The molecule has 6 rings (SSSR count). The first-order chi connectivity index (χ1) is 20.1. The van der Waals surface area contributed by atoms with Gasteiger partial charge in [0.25, 0.3) is 0 Å². The van der Waals surface area contributed by atoms with E-state index in [1.54, 1.807) is 35.0 Å². The van der Waals surface area contributed by atoms with E-state index in [0.29, 0.717) is 47.3 Å². The average Bonchev–Trinajstić information content (AvgIpc) is 3.55. The summed E-state index contributed by atoms with van der Waals surface area (Å²) in [5.41, 5.74) is 2.40. The second-order valence-corrected chi connectivity index (χ2v) is 11.4. The minimum absolute atomic E-state index is 0.122. The van der Waals surface area contributed by atoms with Crippen molar-refractivity contribution in [1.29, 1.82) is 0 Å². The van der Waals surface area contributed by atoms with Gasteiger partial charge < -0.3 is 14.5 Å². The fraction of sp³-hybridized carbons (Fsp3) is 0.222. The molecule has 1 fully saturated rings. The number of benzene rings is 2. The number of nitrogens with one attached hydrogen (secondary N) is 1. The van der Waals surface area contributed by atoms with Crippen LogP contribution in [-0.2, 0) is 10.0 Å². The van der Waals surface area contributed by atoms with E-state index in [0.717, 1.165) is 24.3 Å². The Hall–Kier alpha value is -4.50. The number of ether oxygens (including phenoxy) is 1. The Kier molecular flexibility index (Phi) is 7.06. The SMILES string of the molecule is O=S(=O)(c1ccc(OC(F)(F)F)cc1)N1CCC(Nc2nccc(-c3c(-c4ccc(F)cc4)nc4occn34)n2)CC1. The van der Waals surface area contributed by atoms with Gasteiger partial charge in [-0.1, -0.05) is 0 Å². The molecule has 1 aliphatic heterocycles. The van der Waals surface area contributed by atoms with E-state index in [1.807, 2.05) is 0 Å². The number of nitrogens with zero attached hydrogens (tertiary/aromatic N) is 5. The number of aromatic nitrogens is 4. The summed E-state index contributed by atoms with van der Waals surface area (Å²) in [5.74, 6) is -0.198. The van der Waals surface area contributed by atoms with Gasteiger partial charge in [-0.25, -0.2) is 22.8 Å². The molecule has 5 aromatic rings. The van der Waals surface area contributed by atoms with Gasteiger partial charge in [-0.05, 0) is 67.4 Å². The number of fused-ring (bicyclic) bond motifs is 1. The Morgan fingerprint density at radius 3 is 2.38 bits per heavy atom. The number of piperidine rings is 1. The molecule has 0 spiro atoms. The average molecular weight is 603 g/mol. The first kappa shape index (κ1) is 27.7. The molecule has 0 atom stereocenters. The maximum atomic E-state index is 13.5. The monoisotopic (exact) mass is 602 g/mol. The summed E-state index contributed by atoms with van der Waals surface area (Å²) in [5, 5.41) is 3.26. The summed E-state index contributed by atoms with van der Waals surface area (Å²) in [6.07, 6.45) is 0.807. The predicted octanol–water partition coefficient (Wildman–Crippen LogP) is 5.35. The molecule has 218 valence electrons. The van der Waals surface area contributed by atoms with Crippen molar-refractivity contribution in [3.63, 3.8) is 0 Å². The largest absolute Gasteiger partial charge is 0.573 e. The van der Waals surface area contributed by atoms with Crippen LogP contribution in [0.25, 0.3) is 28.5 Å². The van der Waals surface area contributed by atoms with Gasteiger partial charge in [0.15, 0.2) is 0 Å². The zero-order valence-electron chi connectivity index (χ0n) is 21.6. The molecular weight excluding hydrogens is 580 g/mol. The van der Waals surface area contributed by atoms with Crippen LogP contribution in [0.15, 0.2) is 82.6 Å². The molecule has 42 heavy (non-hydrogen) atoms. The number of sulfonamides is 1. The topological polar surface area (TPSA) is 115 Å². The number of anilines is 1. The van der Waals surface area contributed by atoms with Gasteiger partial charge in [-0.15, -0.1) is 13.2 Å². The highest BCUT2D eigenvalue weighted by atomic mass is 32.2. The van der Waals surface area contributed by atoms with Gasteiger partial charge in [0.2, 0.25) is 16.0 Å². The zero-order chi connectivity index (χ0) is 29.5. The number of halogens is 4. The quantitative estimate of drug-likeness (QED) is 0.248. The van der Waals surface area contributed by atoms with Crippen molar-refractivity contribution >= 4 is 21.8 Å². The Balaban J connectivity index is 1.16. The number of oxazole rings is 1. The van der Waals surface area contributed by atoms with Gasteiger partial charge in [0.05, 0.1) is 10.6 Å². The Labute approximate surface area is 236 Å². The summed E-state index contributed by atoms with van der Waals surface area (Å²) in [6, 6.07) is 11.6. The molecule has 4 heterocycles. The van der Waals surface area contributed by atoms with Crippen molar-refractivity contribution in [2.24, 2.45) is 0 Å². The number of rotatable bonds is 7. The van der Waals surface area contributed by atoms with Gasteiger partial charge >= 0.3 is 12.2 Å². The lowest BCUT2D eigenvalue weighted by Crippen LogP contribution is -2.42. The molecule has 1 aliphatic rings. The van der Waals surface area contributed by atoms with Crippen LogP contribution in [-0.4, -0.2) is 57.6 Å². The predicted molar refractivity (Wildman–Crippen MR) is 142 cm³/mol. The normalized spacial score (nSPS) is 15.2. The molecule has 1 N–H and O–H groups in total.